The van der Waals surface area contributed by atoms with Crippen molar-refractivity contribution in [3.8, 4) is 34.0 Å². The van der Waals surface area contributed by atoms with Gasteiger partial charge in [0, 0.05) is 58.5 Å². The number of hydrogen-bond donors (Lipinski definition) is 0. The molecule has 0 bridgehead atoms. The molecule has 0 aliphatic heterocycles. The van der Waals surface area contributed by atoms with E-state index in [0.717, 1.165) is 58.5 Å². The van der Waals surface area contributed by atoms with Gasteiger partial charge in [-0.2, -0.15) is 0 Å². The van der Waals surface area contributed by atoms with Crippen molar-refractivity contribution in [1.29, 1.82) is 0 Å². The van der Waals surface area contributed by atoms with Crippen LogP contribution in [0.5, 0.6) is 0 Å². The molecule has 4 aromatic heterocycles. The average molecular weight is 723 g/mol. The lowest BCUT2D eigenvalue weighted by Crippen LogP contribution is -2.34. The second kappa shape index (κ2) is 12.0. The fraction of sp³-hybridized carbons (Fsp3) is 0.0800. The van der Waals surface area contributed by atoms with Crippen molar-refractivity contribution >= 4 is 82.4 Å². The van der Waals surface area contributed by atoms with Crippen LogP contribution >= 0.6 is 11.3 Å². The highest BCUT2D eigenvalue weighted by atomic mass is 32.1. The zero-order chi connectivity index (χ0) is 36.0. The maximum Gasteiger partial charge on any atom is 0.235 e. The SMILES string of the molecule is C1=Cc2c(c3ccccc3n2-c2ccc3sc4c(-c5ccc6c(c5)c5ccccc5n6-c5nc(-c6ccccc6)c6c(n5)=CCCC=6)cccc4c3c2)CC1. The van der Waals surface area contributed by atoms with Crippen LogP contribution in [0.3, 0.4) is 0 Å². The molecule has 260 valence electrons. The molecule has 0 N–H and O–H groups in total. The molecule has 0 radical (unpaired) electrons. The molecule has 0 unspecified atom stereocenters. The maximum atomic E-state index is 5.31. The number of rotatable bonds is 4. The van der Waals surface area contributed by atoms with E-state index in [-0.39, 0.29) is 0 Å². The lowest BCUT2D eigenvalue weighted by molar-refractivity contribution is 0.949. The Bertz CT molecular complexity index is 3380. The van der Waals surface area contributed by atoms with Crippen molar-refractivity contribution in [1.82, 2.24) is 19.1 Å². The highest BCUT2D eigenvalue weighted by Crippen LogP contribution is 2.43. The van der Waals surface area contributed by atoms with Crippen LogP contribution in [0, 0.1) is 0 Å². The summed E-state index contributed by atoms with van der Waals surface area (Å²) >= 11 is 1.89. The third kappa shape index (κ3) is 4.63. The van der Waals surface area contributed by atoms with Crippen LogP contribution in [0.25, 0.3) is 105 Å². The Morgan fingerprint density at radius 2 is 1.33 bits per heavy atom. The molecule has 4 heterocycles. The molecule has 2 aliphatic carbocycles. The van der Waals surface area contributed by atoms with Crippen LogP contribution in [0.1, 0.15) is 30.5 Å². The van der Waals surface area contributed by atoms with Crippen LogP contribution in [-0.2, 0) is 6.42 Å². The molecule has 0 saturated heterocycles. The summed E-state index contributed by atoms with van der Waals surface area (Å²) in [7, 11) is 0. The van der Waals surface area contributed by atoms with Gasteiger partial charge in [0.05, 0.1) is 27.6 Å². The van der Waals surface area contributed by atoms with E-state index in [1.54, 1.807) is 0 Å². The molecular weight excluding hydrogens is 689 g/mol. The van der Waals surface area contributed by atoms with Crippen LogP contribution in [0.4, 0.5) is 0 Å². The number of thiophene rings is 1. The second-order valence-electron chi connectivity index (χ2n) is 14.7. The Hall–Kier alpha value is -6.56. The fourth-order valence-corrected chi connectivity index (χ4v) is 10.4. The van der Waals surface area contributed by atoms with Gasteiger partial charge in [0.15, 0.2) is 0 Å². The molecule has 0 amide bonds. The van der Waals surface area contributed by atoms with Gasteiger partial charge in [0.2, 0.25) is 5.95 Å². The minimum atomic E-state index is 0.706. The van der Waals surface area contributed by atoms with Gasteiger partial charge >= 0.3 is 0 Å². The third-order valence-corrected chi connectivity index (χ3v) is 12.9. The standard InChI is InChI=1S/C50H34N4S/c1-2-13-31(14-3-1)48-39-18-4-8-21-42(39)51-50(52-48)54-45-24-11-7-17-37(45)40-29-32(25-27-46(40)54)34-19-12-20-38-41-30-33(26-28-47(41)55-49(34)38)53-43-22-9-5-15-35(43)36-16-6-10-23-44(36)53/h1-3,5,7,9-15,17-30H,4,6,8,16H2. The van der Waals surface area contributed by atoms with E-state index in [1.807, 2.05) is 11.3 Å². The molecule has 0 saturated carbocycles. The first-order valence-corrected chi connectivity index (χ1v) is 20.0. The highest BCUT2D eigenvalue weighted by molar-refractivity contribution is 7.26. The van der Waals surface area contributed by atoms with E-state index < -0.39 is 0 Å². The van der Waals surface area contributed by atoms with E-state index in [4.69, 9.17) is 9.97 Å². The van der Waals surface area contributed by atoms with Crippen molar-refractivity contribution in [2.24, 2.45) is 0 Å². The molecular formula is C50H34N4S. The summed E-state index contributed by atoms with van der Waals surface area (Å²) in [6.45, 7) is 0. The molecule has 0 fully saturated rings. The minimum absolute atomic E-state index is 0.706. The number of hydrogen-bond acceptors (Lipinski definition) is 3. The number of nitrogens with zero attached hydrogens (tertiary/aromatic N) is 4. The van der Waals surface area contributed by atoms with Crippen molar-refractivity contribution in [2.45, 2.75) is 25.7 Å². The lowest BCUT2D eigenvalue weighted by Gasteiger charge is -2.12. The van der Waals surface area contributed by atoms with Gasteiger partial charge < -0.3 is 4.57 Å². The Labute approximate surface area is 321 Å². The first kappa shape index (κ1) is 30.9. The highest BCUT2D eigenvalue weighted by Gasteiger charge is 2.21. The summed E-state index contributed by atoms with van der Waals surface area (Å²) in [4.78, 5) is 10.5. The number of fused-ring (bicyclic) bond motifs is 10. The van der Waals surface area contributed by atoms with Gasteiger partial charge in [0.1, 0.15) is 0 Å². The number of benzene rings is 6. The summed E-state index contributed by atoms with van der Waals surface area (Å²) < 4.78 is 7.33. The van der Waals surface area contributed by atoms with E-state index in [9.17, 15) is 0 Å². The predicted molar refractivity (Wildman–Crippen MR) is 232 cm³/mol. The number of para-hydroxylation sites is 2. The molecule has 4 nitrogen and oxygen atoms in total. The zero-order valence-corrected chi connectivity index (χ0v) is 30.9. The third-order valence-electron chi connectivity index (χ3n) is 11.6. The summed E-state index contributed by atoms with van der Waals surface area (Å²) in [6, 6.07) is 48.8. The smallest absolute Gasteiger partial charge is 0.235 e. The average Bonchev–Trinajstić information content (AvgIpc) is 3.91. The quantitative estimate of drug-likeness (QED) is 0.181. The Morgan fingerprint density at radius 1 is 0.545 bits per heavy atom. The number of aryl methyl sites for hydroxylation is 1. The first-order chi connectivity index (χ1) is 27.3. The molecule has 2 aliphatic rings. The summed E-state index contributed by atoms with van der Waals surface area (Å²) in [6.07, 6.45) is 13.4. The van der Waals surface area contributed by atoms with E-state index >= 15 is 0 Å². The first-order valence-electron chi connectivity index (χ1n) is 19.2. The summed E-state index contributed by atoms with van der Waals surface area (Å²) in [5, 5.41) is 8.50. The lowest BCUT2D eigenvalue weighted by atomic mass is 10.0. The van der Waals surface area contributed by atoms with Gasteiger partial charge in [-0.3, -0.25) is 4.57 Å². The molecule has 12 rings (SSSR count). The monoisotopic (exact) mass is 722 g/mol. The van der Waals surface area contributed by atoms with Crippen LogP contribution in [0.2, 0.25) is 0 Å². The van der Waals surface area contributed by atoms with Gasteiger partial charge in [-0.1, -0.05) is 109 Å². The molecule has 10 aromatic rings. The Morgan fingerprint density at radius 3 is 2.24 bits per heavy atom. The Kier molecular flexibility index (Phi) is 6.72. The largest absolute Gasteiger partial charge is 0.310 e. The molecule has 0 atom stereocenters. The van der Waals surface area contributed by atoms with E-state index in [1.165, 1.54) is 69.9 Å². The summed E-state index contributed by atoms with van der Waals surface area (Å²) in [5.74, 6) is 0.706. The predicted octanol–water partition coefficient (Wildman–Crippen LogP) is 11.5. The van der Waals surface area contributed by atoms with Gasteiger partial charge in [-0.25, -0.2) is 9.97 Å². The van der Waals surface area contributed by atoms with Crippen LogP contribution in [0.15, 0.2) is 140 Å². The second-order valence-corrected chi connectivity index (χ2v) is 15.8. The maximum absolute atomic E-state index is 5.31. The van der Waals surface area contributed by atoms with Gasteiger partial charge in [-0.15, -0.1) is 11.3 Å². The zero-order valence-electron chi connectivity index (χ0n) is 30.0. The van der Waals surface area contributed by atoms with Gasteiger partial charge in [0.25, 0.3) is 0 Å². The Balaban J connectivity index is 1.03. The van der Waals surface area contributed by atoms with E-state index in [0.29, 0.717) is 5.95 Å². The van der Waals surface area contributed by atoms with E-state index in [2.05, 4.69) is 167 Å². The number of allylic oxidation sites excluding steroid dienone is 1. The summed E-state index contributed by atoms with van der Waals surface area (Å²) in [5.41, 5.74) is 12.0. The fourth-order valence-electron chi connectivity index (χ4n) is 9.17. The minimum Gasteiger partial charge on any atom is -0.310 e. The van der Waals surface area contributed by atoms with Crippen molar-refractivity contribution in [3.63, 3.8) is 0 Å². The number of aromatic nitrogens is 4. The molecule has 0 spiro atoms. The van der Waals surface area contributed by atoms with Crippen LogP contribution < -0.4 is 10.6 Å². The molecule has 6 aromatic carbocycles. The van der Waals surface area contributed by atoms with Gasteiger partial charge in [-0.05, 0) is 90.9 Å². The van der Waals surface area contributed by atoms with Crippen molar-refractivity contribution < 1.29 is 0 Å². The van der Waals surface area contributed by atoms with Crippen molar-refractivity contribution in [2.75, 3.05) is 0 Å². The van der Waals surface area contributed by atoms with Crippen molar-refractivity contribution in [3.05, 3.63) is 161 Å². The molecule has 5 heteroatoms. The van der Waals surface area contributed by atoms with Crippen LogP contribution in [-0.4, -0.2) is 19.1 Å². The topological polar surface area (TPSA) is 35.6 Å². The molecule has 55 heavy (non-hydrogen) atoms. The normalized spacial score (nSPS) is 13.7.